The minimum Gasteiger partial charge on any atom is -0.549 e. The quantitative estimate of drug-likeness (QED) is 0.0556. The second-order valence-electron chi connectivity index (χ2n) is 14.7. The molecule has 1 aliphatic rings. The molecule has 352 valence electrons. The van der Waals surface area contributed by atoms with E-state index < -0.39 is 30.5 Å². The number of carboxylic acids is 3. The topological polar surface area (TPSA) is 269 Å². The lowest BCUT2D eigenvalue weighted by Crippen LogP contribution is -3.12. The van der Waals surface area contributed by atoms with Crippen molar-refractivity contribution in [1.29, 1.82) is 0 Å². The summed E-state index contributed by atoms with van der Waals surface area (Å²) < 4.78 is 27.3. The Morgan fingerprint density at radius 3 is 1.97 bits per heavy atom. The number of ether oxygens (including phenoxy) is 5. The van der Waals surface area contributed by atoms with E-state index in [1.54, 1.807) is 28.0 Å². The molecule has 0 spiro atoms. The highest BCUT2D eigenvalue weighted by Gasteiger charge is 2.24. The van der Waals surface area contributed by atoms with Crippen molar-refractivity contribution in [3.8, 4) is 0 Å². The summed E-state index contributed by atoms with van der Waals surface area (Å²) in [4.78, 5) is 82.0. The Morgan fingerprint density at radius 1 is 0.774 bits per heavy atom. The predicted octanol–water partition coefficient (Wildman–Crippen LogP) is -5.66. The molecule has 1 aliphatic heterocycles. The standard InChI is InChI=1S/C41H69N7O14/c1-3-58-22-23-61-21-7-14-47(33(2)49)30-38(51)43-13-6-20-60-25-27-62-26-24-59-19-5-12-42-37(50)11-10-36(41(56)57)48-18-17-45(31-39(52)53)15-16-46(32-40(54)55)28-34-8-4-9-35(29-48)44-34/h4,8-9,36H,3,5-7,10-32H2,1-2H3,(H,42,50)(H,43,51)(H,52,53)(H,54,55)(H,56,57)/p-2. The molecule has 2 heterocycles. The van der Waals surface area contributed by atoms with Gasteiger partial charge in [0.15, 0.2) is 0 Å². The van der Waals surface area contributed by atoms with Crippen molar-refractivity contribution >= 4 is 35.6 Å². The number of fused-ring (bicyclic) bond motifs is 2. The maximum Gasteiger partial charge on any atom is 0.239 e. The number of hydrogen-bond acceptors (Lipinski definition) is 17. The molecule has 3 amide bonds. The van der Waals surface area contributed by atoms with Crippen molar-refractivity contribution in [3.63, 3.8) is 0 Å². The first-order valence-corrected chi connectivity index (χ1v) is 21.4. The minimum atomic E-state index is -1.38. The zero-order valence-corrected chi connectivity index (χ0v) is 36.4. The summed E-state index contributed by atoms with van der Waals surface area (Å²) in [5.41, 5.74) is 1.12. The highest BCUT2D eigenvalue weighted by atomic mass is 16.5. The molecule has 1 aromatic heterocycles. The van der Waals surface area contributed by atoms with Crippen LogP contribution in [0, 0.1) is 0 Å². The van der Waals surface area contributed by atoms with Gasteiger partial charge in [0.05, 0.1) is 88.1 Å². The van der Waals surface area contributed by atoms with Gasteiger partial charge < -0.3 is 73.8 Å². The fourth-order valence-electron chi connectivity index (χ4n) is 6.46. The van der Waals surface area contributed by atoms with Gasteiger partial charge in [0.1, 0.15) is 13.1 Å². The molecule has 0 radical (unpaired) electrons. The number of carboxylic acid groups (broad SMARTS) is 3. The smallest absolute Gasteiger partial charge is 0.239 e. The van der Waals surface area contributed by atoms with E-state index in [1.807, 2.05) is 6.92 Å². The van der Waals surface area contributed by atoms with Crippen LogP contribution in [0.25, 0.3) is 0 Å². The summed E-state index contributed by atoms with van der Waals surface area (Å²) in [6.45, 7) is 9.23. The van der Waals surface area contributed by atoms with E-state index in [1.165, 1.54) is 11.8 Å². The van der Waals surface area contributed by atoms with E-state index >= 15 is 0 Å². The highest BCUT2D eigenvalue weighted by molar-refractivity contribution is 5.83. The summed E-state index contributed by atoms with van der Waals surface area (Å²) >= 11 is 0. The zero-order chi connectivity index (χ0) is 45.4. The van der Waals surface area contributed by atoms with E-state index in [2.05, 4.69) is 15.6 Å². The Bertz CT molecular complexity index is 1480. The van der Waals surface area contributed by atoms with Crippen LogP contribution in [0.3, 0.4) is 0 Å². The average molecular weight is 882 g/mol. The van der Waals surface area contributed by atoms with Gasteiger partial charge in [-0.3, -0.25) is 29.2 Å². The number of nitrogens with one attached hydrogen (secondary N) is 3. The van der Waals surface area contributed by atoms with Gasteiger partial charge in [0, 0.05) is 92.1 Å². The summed E-state index contributed by atoms with van der Waals surface area (Å²) in [7, 11) is 0. The van der Waals surface area contributed by atoms with Crippen LogP contribution < -0.4 is 30.9 Å². The van der Waals surface area contributed by atoms with Crippen LogP contribution in [-0.4, -0.2) is 193 Å². The van der Waals surface area contributed by atoms with Crippen LogP contribution in [0.4, 0.5) is 0 Å². The van der Waals surface area contributed by atoms with E-state index in [0.29, 0.717) is 121 Å². The number of rotatable bonds is 33. The molecular weight excluding hydrogens is 814 g/mol. The lowest BCUT2D eigenvalue weighted by atomic mass is 10.1. The van der Waals surface area contributed by atoms with Crippen LogP contribution in [0.2, 0.25) is 0 Å². The Morgan fingerprint density at radius 2 is 1.37 bits per heavy atom. The molecule has 1 aromatic rings. The maximum atomic E-state index is 12.7. The van der Waals surface area contributed by atoms with Crippen molar-refractivity contribution in [2.75, 3.05) is 132 Å². The number of aliphatic carboxylic acids is 3. The molecule has 0 saturated carbocycles. The van der Waals surface area contributed by atoms with E-state index in [4.69, 9.17) is 23.7 Å². The third kappa shape index (κ3) is 26.2. The number of carbonyl (C=O) groups excluding carboxylic acids is 6. The Hall–Kier alpha value is -4.35. The molecule has 2 bridgehead atoms. The Kier molecular flexibility index (Phi) is 28.8. The van der Waals surface area contributed by atoms with Gasteiger partial charge in [-0.2, -0.15) is 0 Å². The SMILES string of the molecule is CCOCCOCCCN(CC(=O)NCCCOCCOCCOCCCNC(=O)CCC(C(=O)[O-])N1CCN(CC(=O)[O-])CC[NH+](CC(=O)[O-])Cc2cccc(n2)C1)C(C)=O. The number of carbonyl (C=O) groups is 6. The summed E-state index contributed by atoms with van der Waals surface area (Å²) in [5, 5.41) is 40.8. The normalized spacial score (nSPS) is 15.5. The predicted molar refractivity (Wildman–Crippen MR) is 215 cm³/mol. The third-order valence-electron chi connectivity index (χ3n) is 9.64. The largest absolute Gasteiger partial charge is 0.549 e. The second kappa shape index (κ2) is 33.2. The van der Waals surface area contributed by atoms with Gasteiger partial charge in [-0.15, -0.1) is 0 Å². The Balaban J connectivity index is 1.60. The monoisotopic (exact) mass is 881 g/mol. The lowest BCUT2D eigenvalue weighted by molar-refractivity contribution is -0.908. The fourth-order valence-corrected chi connectivity index (χ4v) is 6.46. The van der Waals surface area contributed by atoms with Crippen molar-refractivity contribution in [3.05, 3.63) is 29.6 Å². The Labute approximate surface area is 364 Å². The molecule has 2 atom stereocenters. The summed E-state index contributed by atoms with van der Waals surface area (Å²) in [6.07, 6.45) is 1.61. The van der Waals surface area contributed by atoms with Gasteiger partial charge in [-0.25, -0.2) is 0 Å². The first-order chi connectivity index (χ1) is 29.9. The molecule has 0 aromatic carbocycles. The molecule has 3 N–H and O–H groups in total. The molecule has 2 unspecified atom stereocenters. The molecule has 0 saturated heterocycles. The number of nitrogens with zero attached hydrogens (tertiary/aromatic N) is 4. The van der Waals surface area contributed by atoms with Gasteiger partial charge in [0.2, 0.25) is 17.7 Å². The number of aromatic nitrogens is 1. The molecule has 2 rings (SSSR count). The molecule has 21 nitrogen and oxygen atoms in total. The van der Waals surface area contributed by atoms with Crippen molar-refractivity contribution in [1.82, 2.24) is 30.3 Å². The summed E-state index contributed by atoms with van der Waals surface area (Å²) in [5.74, 6) is -4.69. The minimum absolute atomic E-state index is 0.0125. The van der Waals surface area contributed by atoms with Crippen molar-refractivity contribution in [2.24, 2.45) is 0 Å². The van der Waals surface area contributed by atoms with Crippen molar-refractivity contribution in [2.45, 2.75) is 65.1 Å². The van der Waals surface area contributed by atoms with Gasteiger partial charge in [-0.05, 0) is 44.7 Å². The molecular formula is C41H67N7O14-2. The molecule has 0 fully saturated rings. The van der Waals surface area contributed by atoms with Gasteiger partial charge in [-0.1, -0.05) is 6.07 Å². The number of pyridine rings is 1. The molecule has 21 heteroatoms. The first-order valence-electron chi connectivity index (χ1n) is 21.4. The van der Waals surface area contributed by atoms with E-state index in [0.717, 1.165) is 0 Å². The van der Waals surface area contributed by atoms with E-state index in [-0.39, 0.29) is 82.9 Å². The molecule has 62 heavy (non-hydrogen) atoms. The average Bonchev–Trinajstić information content (AvgIpc) is 3.21. The summed E-state index contributed by atoms with van der Waals surface area (Å²) in [6, 6.07) is 4.04. The van der Waals surface area contributed by atoms with Crippen LogP contribution in [0.5, 0.6) is 0 Å². The van der Waals surface area contributed by atoms with Gasteiger partial charge >= 0.3 is 0 Å². The third-order valence-corrected chi connectivity index (χ3v) is 9.64. The number of quaternary nitrogens is 1. The number of hydrogen-bond donors (Lipinski definition) is 3. The molecule has 0 aliphatic carbocycles. The first kappa shape index (κ1) is 53.8. The van der Waals surface area contributed by atoms with Crippen LogP contribution in [0.1, 0.15) is 57.3 Å². The van der Waals surface area contributed by atoms with E-state index in [9.17, 15) is 44.1 Å². The van der Waals surface area contributed by atoms with Gasteiger partial charge in [0.25, 0.3) is 0 Å². The number of amides is 3. The van der Waals surface area contributed by atoms with Crippen LogP contribution in [-0.2, 0) is 65.5 Å². The fraction of sp³-hybridized carbons (Fsp3) is 0.732. The van der Waals surface area contributed by atoms with Crippen LogP contribution >= 0.6 is 0 Å². The van der Waals surface area contributed by atoms with Crippen LogP contribution in [0.15, 0.2) is 18.2 Å². The highest BCUT2D eigenvalue weighted by Crippen LogP contribution is 2.13. The van der Waals surface area contributed by atoms with Crippen molar-refractivity contribution < 1.29 is 72.7 Å². The second-order valence-corrected chi connectivity index (χ2v) is 14.7. The maximum absolute atomic E-state index is 12.7. The lowest BCUT2D eigenvalue weighted by Gasteiger charge is -2.35. The zero-order valence-electron chi connectivity index (χ0n) is 36.4.